The van der Waals surface area contributed by atoms with Crippen LogP contribution in [0.15, 0.2) is 47.6 Å². The molecular weight excluding hydrogens is 278 g/mol. The summed E-state index contributed by atoms with van der Waals surface area (Å²) in [5.41, 5.74) is 1.86. The topological polar surface area (TPSA) is 22.1 Å². The number of aromatic nitrogens is 1. The van der Waals surface area contributed by atoms with E-state index in [1.807, 2.05) is 42.8 Å². The van der Waals surface area contributed by atoms with Crippen LogP contribution in [0.3, 0.4) is 0 Å². The van der Waals surface area contributed by atoms with Crippen LogP contribution >= 0.6 is 24.2 Å². The highest BCUT2D eigenvalue weighted by molar-refractivity contribution is 7.98. The highest BCUT2D eigenvalue weighted by Gasteiger charge is 1.93. The van der Waals surface area contributed by atoms with Gasteiger partial charge in [0.05, 0.1) is 7.11 Å². The Balaban J connectivity index is 0.00000180. The van der Waals surface area contributed by atoms with Crippen LogP contribution in [-0.4, -0.2) is 18.3 Å². The first-order chi connectivity index (χ1) is 8.81. The lowest BCUT2D eigenvalue weighted by atomic mass is 10.2. The van der Waals surface area contributed by atoms with E-state index in [0.29, 0.717) is 0 Å². The van der Waals surface area contributed by atoms with Crippen LogP contribution in [0.1, 0.15) is 11.1 Å². The van der Waals surface area contributed by atoms with E-state index >= 15 is 0 Å². The van der Waals surface area contributed by atoms with Crippen molar-refractivity contribution < 1.29 is 4.74 Å². The van der Waals surface area contributed by atoms with Gasteiger partial charge in [0.15, 0.2) is 0 Å². The van der Waals surface area contributed by atoms with E-state index in [-0.39, 0.29) is 12.4 Å². The van der Waals surface area contributed by atoms with Gasteiger partial charge in [0.1, 0.15) is 5.75 Å². The monoisotopic (exact) mass is 291 g/mol. The summed E-state index contributed by atoms with van der Waals surface area (Å²) in [6.07, 6.45) is 5.63. The summed E-state index contributed by atoms with van der Waals surface area (Å²) in [4.78, 5) is 5.27. The van der Waals surface area contributed by atoms with Crippen LogP contribution in [0.5, 0.6) is 5.75 Å². The quantitative estimate of drug-likeness (QED) is 0.623. The van der Waals surface area contributed by atoms with Crippen molar-refractivity contribution in [3.8, 4) is 17.6 Å². The third kappa shape index (κ3) is 4.51. The van der Waals surface area contributed by atoms with Crippen molar-refractivity contribution in [2.75, 3.05) is 13.4 Å². The lowest BCUT2D eigenvalue weighted by Crippen LogP contribution is -1.83. The molecule has 0 aliphatic carbocycles. The minimum atomic E-state index is 0. The fourth-order valence-electron chi connectivity index (χ4n) is 1.44. The molecule has 1 aromatic heterocycles. The van der Waals surface area contributed by atoms with Gasteiger partial charge in [0, 0.05) is 28.4 Å². The molecule has 4 heteroatoms. The average molecular weight is 292 g/mol. The number of methoxy groups -OCH3 is 1. The lowest BCUT2D eigenvalue weighted by molar-refractivity contribution is 0.414. The summed E-state index contributed by atoms with van der Waals surface area (Å²) in [5.74, 6) is 7.03. The van der Waals surface area contributed by atoms with Crippen molar-refractivity contribution in [1.82, 2.24) is 4.98 Å². The zero-order valence-corrected chi connectivity index (χ0v) is 12.3. The van der Waals surface area contributed by atoms with E-state index in [2.05, 4.69) is 16.8 Å². The lowest BCUT2D eigenvalue weighted by Gasteiger charge is -1.98. The first-order valence-electron chi connectivity index (χ1n) is 5.47. The van der Waals surface area contributed by atoms with Gasteiger partial charge >= 0.3 is 0 Å². The molecule has 0 aliphatic heterocycles. The summed E-state index contributed by atoms with van der Waals surface area (Å²) in [6.45, 7) is 0. The second kappa shape index (κ2) is 7.73. The Labute approximate surface area is 124 Å². The second-order valence-corrected chi connectivity index (χ2v) is 4.48. The largest absolute Gasteiger partial charge is 0.497 e. The van der Waals surface area contributed by atoms with Crippen molar-refractivity contribution in [2.45, 2.75) is 4.90 Å². The Kier molecular flexibility index (Phi) is 6.27. The van der Waals surface area contributed by atoms with Crippen LogP contribution in [0.25, 0.3) is 0 Å². The summed E-state index contributed by atoms with van der Waals surface area (Å²) < 4.78 is 5.16. The minimum Gasteiger partial charge on any atom is -0.497 e. The normalized spacial score (nSPS) is 8.95. The van der Waals surface area contributed by atoms with Gasteiger partial charge in [-0.2, -0.15) is 0 Å². The number of benzene rings is 1. The van der Waals surface area contributed by atoms with Gasteiger partial charge in [-0.3, -0.25) is 4.98 Å². The van der Waals surface area contributed by atoms with Crippen molar-refractivity contribution in [1.29, 1.82) is 0 Å². The summed E-state index contributed by atoms with van der Waals surface area (Å²) >= 11 is 1.66. The predicted octanol–water partition coefficient (Wildman–Crippen LogP) is 3.63. The number of nitrogens with zero attached hydrogens (tertiary/aromatic N) is 1. The predicted molar refractivity (Wildman–Crippen MR) is 82.2 cm³/mol. The fourth-order valence-corrected chi connectivity index (χ4v) is 1.86. The maximum Gasteiger partial charge on any atom is 0.120 e. The van der Waals surface area contributed by atoms with Gasteiger partial charge < -0.3 is 4.74 Å². The molecule has 0 radical (unpaired) electrons. The first-order valence-corrected chi connectivity index (χ1v) is 6.69. The minimum absolute atomic E-state index is 0. The van der Waals surface area contributed by atoms with Crippen LogP contribution in [0.4, 0.5) is 0 Å². The highest BCUT2D eigenvalue weighted by atomic mass is 35.5. The average Bonchev–Trinajstić information content (AvgIpc) is 2.45. The number of rotatable bonds is 2. The molecule has 0 N–H and O–H groups in total. The standard InChI is InChI=1S/C15H13NOS.ClH/c1-17-14-5-3-4-12(8-14)6-7-13-9-15(18-2)11-16-10-13;/h3-5,8-11H,1-2H3;1H. The molecule has 19 heavy (non-hydrogen) atoms. The third-order valence-electron chi connectivity index (χ3n) is 2.37. The van der Waals surface area contributed by atoms with E-state index < -0.39 is 0 Å². The molecule has 0 saturated carbocycles. The van der Waals surface area contributed by atoms with Gasteiger partial charge in [0.25, 0.3) is 0 Å². The number of ether oxygens (including phenoxy) is 1. The molecule has 2 nitrogen and oxygen atoms in total. The Morgan fingerprint density at radius 1 is 1.11 bits per heavy atom. The highest BCUT2D eigenvalue weighted by Crippen LogP contribution is 2.14. The Hall–Kier alpha value is -1.63. The van der Waals surface area contributed by atoms with E-state index in [4.69, 9.17) is 4.74 Å². The summed E-state index contributed by atoms with van der Waals surface area (Å²) in [7, 11) is 1.65. The molecule has 0 atom stereocenters. The van der Waals surface area contributed by atoms with E-state index in [1.165, 1.54) is 0 Å². The molecule has 0 fully saturated rings. The Morgan fingerprint density at radius 3 is 2.63 bits per heavy atom. The van der Waals surface area contributed by atoms with Gasteiger partial charge in [-0.15, -0.1) is 24.2 Å². The molecule has 98 valence electrons. The summed E-state index contributed by atoms with van der Waals surface area (Å²) in [6, 6.07) is 9.74. The molecule has 0 aliphatic rings. The number of pyridine rings is 1. The second-order valence-electron chi connectivity index (χ2n) is 3.60. The zero-order valence-electron chi connectivity index (χ0n) is 10.7. The zero-order chi connectivity index (χ0) is 12.8. The number of thioether (sulfide) groups is 1. The smallest absolute Gasteiger partial charge is 0.120 e. The van der Waals surface area contributed by atoms with Crippen molar-refractivity contribution >= 4 is 24.2 Å². The number of hydrogen-bond donors (Lipinski definition) is 0. The van der Waals surface area contributed by atoms with Crippen LogP contribution < -0.4 is 4.74 Å². The molecule has 2 rings (SSSR count). The third-order valence-corrected chi connectivity index (χ3v) is 3.06. The molecule has 0 saturated heterocycles. The maximum absolute atomic E-state index is 5.16. The fraction of sp³-hybridized carbons (Fsp3) is 0.133. The molecule has 1 aromatic carbocycles. The van der Waals surface area contributed by atoms with E-state index in [0.717, 1.165) is 21.8 Å². The molecule has 0 unspecified atom stereocenters. The summed E-state index contributed by atoms with van der Waals surface area (Å²) in [5, 5.41) is 0. The van der Waals surface area contributed by atoms with Crippen molar-refractivity contribution in [3.63, 3.8) is 0 Å². The maximum atomic E-state index is 5.16. The van der Waals surface area contributed by atoms with Crippen molar-refractivity contribution in [2.24, 2.45) is 0 Å². The Bertz CT molecular complexity index is 553. The van der Waals surface area contributed by atoms with Gasteiger partial charge in [-0.1, -0.05) is 17.9 Å². The van der Waals surface area contributed by atoms with E-state index in [1.54, 1.807) is 25.1 Å². The number of halogens is 1. The molecular formula is C15H14ClNOS. The van der Waals surface area contributed by atoms with Crippen LogP contribution in [-0.2, 0) is 0 Å². The van der Waals surface area contributed by atoms with Gasteiger partial charge in [0.2, 0.25) is 0 Å². The first kappa shape index (κ1) is 15.4. The molecule has 2 aromatic rings. The van der Waals surface area contributed by atoms with Gasteiger partial charge in [-0.25, -0.2) is 0 Å². The molecule has 0 amide bonds. The van der Waals surface area contributed by atoms with Gasteiger partial charge in [-0.05, 0) is 30.5 Å². The Morgan fingerprint density at radius 2 is 1.89 bits per heavy atom. The number of hydrogen-bond acceptors (Lipinski definition) is 3. The van der Waals surface area contributed by atoms with Crippen LogP contribution in [0, 0.1) is 11.8 Å². The van der Waals surface area contributed by atoms with Crippen molar-refractivity contribution in [3.05, 3.63) is 53.9 Å². The molecule has 0 spiro atoms. The molecule has 1 heterocycles. The van der Waals surface area contributed by atoms with E-state index in [9.17, 15) is 0 Å². The van der Waals surface area contributed by atoms with Crippen LogP contribution in [0.2, 0.25) is 0 Å². The molecule has 0 bridgehead atoms. The SMILES string of the molecule is COc1cccc(C#Cc2cncc(SC)c2)c1.Cl.